The zero-order chi connectivity index (χ0) is 11.0. The summed E-state index contributed by atoms with van der Waals surface area (Å²) in [5, 5.41) is 0. The molecule has 0 bridgehead atoms. The molecule has 16 heavy (non-hydrogen) atoms. The highest BCUT2D eigenvalue weighted by atomic mass is 15.3. The van der Waals surface area contributed by atoms with Crippen molar-refractivity contribution in [2.75, 3.05) is 26.2 Å². The summed E-state index contributed by atoms with van der Waals surface area (Å²) in [5.74, 6) is 1.05. The third-order valence-electron chi connectivity index (χ3n) is 4.85. The van der Waals surface area contributed by atoms with Crippen LogP contribution in [0.4, 0.5) is 0 Å². The van der Waals surface area contributed by atoms with Gasteiger partial charge in [0.2, 0.25) is 0 Å². The fraction of sp³-hybridized carbons (Fsp3) is 1.00. The van der Waals surface area contributed by atoms with Gasteiger partial charge in [-0.2, -0.15) is 0 Å². The van der Waals surface area contributed by atoms with Crippen LogP contribution < -0.4 is 0 Å². The molecule has 2 heteroatoms. The molecule has 3 rings (SSSR count). The van der Waals surface area contributed by atoms with Gasteiger partial charge in [-0.1, -0.05) is 13.3 Å². The van der Waals surface area contributed by atoms with Crippen LogP contribution in [0.5, 0.6) is 0 Å². The normalized spacial score (nSPS) is 40.7. The van der Waals surface area contributed by atoms with Crippen molar-refractivity contribution in [2.45, 2.75) is 57.5 Å². The molecule has 92 valence electrons. The molecule has 2 heterocycles. The molecule has 3 atom stereocenters. The zero-order valence-corrected chi connectivity index (χ0v) is 10.7. The van der Waals surface area contributed by atoms with Crippen LogP contribution in [0.2, 0.25) is 0 Å². The molecule has 0 radical (unpaired) electrons. The summed E-state index contributed by atoms with van der Waals surface area (Å²) in [7, 11) is 0. The van der Waals surface area contributed by atoms with Gasteiger partial charge in [-0.15, -0.1) is 0 Å². The van der Waals surface area contributed by atoms with Gasteiger partial charge in [0.25, 0.3) is 0 Å². The Labute approximate surface area is 100.0 Å². The molecular weight excluding hydrogens is 196 g/mol. The Kier molecular flexibility index (Phi) is 3.21. The van der Waals surface area contributed by atoms with E-state index in [4.69, 9.17) is 0 Å². The summed E-state index contributed by atoms with van der Waals surface area (Å²) in [6.07, 6.45) is 8.66. The van der Waals surface area contributed by atoms with Crippen LogP contribution in [0, 0.1) is 5.92 Å². The molecule has 2 nitrogen and oxygen atoms in total. The van der Waals surface area contributed by atoms with Gasteiger partial charge in [0.1, 0.15) is 0 Å². The van der Waals surface area contributed by atoms with E-state index >= 15 is 0 Å². The van der Waals surface area contributed by atoms with Crippen LogP contribution in [0.3, 0.4) is 0 Å². The first-order chi connectivity index (χ1) is 7.88. The monoisotopic (exact) mass is 222 g/mol. The topological polar surface area (TPSA) is 6.48 Å². The molecule has 0 aromatic carbocycles. The smallest absolute Gasteiger partial charge is 0.0223 e. The van der Waals surface area contributed by atoms with Gasteiger partial charge in [-0.05, 0) is 57.7 Å². The lowest BCUT2D eigenvalue weighted by molar-refractivity contribution is 0.207. The van der Waals surface area contributed by atoms with Crippen molar-refractivity contribution in [3.63, 3.8) is 0 Å². The van der Waals surface area contributed by atoms with E-state index in [1.54, 1.807) is 0 Å². The highest BCUT2D eigenvalue weighted by Crippen LogP contribution is 2.40. The van der Waals surface area contributed by atoms with Gasteiger partial charge in [0.05, 0.1) is 0 Å². The second-order valence-electron chi connectivity index (χ2n) is 6.03. The second kappa shape index (κ2) is 4.66. The Morgan fingerprint density at radius 2 is 1.88 bits per heavy atom. The molecule has 0 N–H and O–H groups in total. The van der Waals surface area contributed by atoms with Crippen LogP contribution in [0.25, 0.3) is 0 Å². The van der Waals surface area contributed by atoms with E-state index < -0.39 is 0 Å². The fourth-order valence-corrected chi connectivity index (χ4v) is 3.90. The van der Waals surface area contributed by atoms with E-state index in [1.807, 2.05) is 0 Å². The Balaban J connectivity index is 1.56. The summed E-state index contributed by atoms with van der Waals surface area (Å²) in [6, 6.07) is 1.88. The Morgan fingerprint density at radius 1 is 1.06 bits per heavy atom. The average Bonchev–Trinajstić information content (AvgIpc) is 2.96. The van der Waals surface area contributed by atoms with Gasteiger partial charge in [0, 0.05) is 18.6 Å². The van der Waals surface area contributed by atoms with Crippen LogP contribution in [-0.2, 0) is 0 Å². The largest absolute Gasteiger partial charge is 0.299 e. The van der Waals surface area contributed by atoms with Crippen LogP contribution >= 0.6 is 0 Å². The number of hydrogen-bond acceptors (Lipinski definition) is 2. The molecule has 0 amide bonds. The lowest BCUT2D eigenvalue weighted by atomic mass is 10.2. The molecule has 2 saturated heterocycles. The van der Waals surface area contributed by atoms with Crippen LogP contribution in [0.15, 0.2) is 0 Å². The van der Waals surface area contributed by atoms with E-state index in [9.17, 15) is 0 Å². The molecule has 0 aromatic heterocycles. The van der Waals surface area contributed by atoms with Crippen molar-refractivity contribution < 1.29 is 0 Å². The van der Waals surface area contributed by atoms with Crippen molar-refractivity contribution in [1.29, 1.82) is 0 Å². The first-order valence-electron chi connectivity index (χ1n) is 7.36. The van der Waals surface area contributed by atoms with E-state index in [1.165, 1.54) is 64.7 Å². The first-order valence-corrected chi connectivity index (χ1v) is 7.36. The minimum absolute atomic E-state index is 0.908. The molecule has 0 aromatic rings. The number of nitrogens with zero attached hydrogens (tertiary/aromatic N) is 2. The second-order valence-corrected chi connectivity index (χ2v) is 6.03. The number of fused-ring (bicyclic) bond motifs is 1. The summed E-state index contributed by atoms with van der Waals surface area (Å²) < 4.78 is 0. The minimum Gasteiger partial charge on any atom is -0.299 e. The minimum atomic E-state index is 0.908. The SMILES string of the molecule is CCCC1CC1N1CCCN2CCCC2C1. The zero-order valence-electron chi connectivity index (χ0n) is 10.7. The van der Waals surface area contributed by atoms with E-state index in [0.717, 1.165) is 18.0 Å². The lowest BCUT2D eigenvalue weighted by Gasteiger charge is -2.25. The summed E-state index contributed by atoms with van der Waals surface area (Å²) >= 11 is 0. The average molecular weight is 222 g/mol. The van der Waals surface area contributed by atoms with Crippen molar-refractivity contribution in [3.05, 3.63) is 0 Å². The van der Waals surface area contributed by atoms with E-state index in [0.29, 0.717) is 0 Å². The van der Waals surface area contributed by atoms with Gasteiger partial charge >= 0.3 is 0 Å². The maximum absolute atomic E-state index is 2.83. The van der Waals surface area contributed by atoms with Crippen molar-refractivity contribution in [2.24, 2.45) is 5.92 Å². The Bertz CT molecular complexity index is 241. The highest BCUT2D eigenvalue weighted by Gasteiger charge is 2.42. The van der Waals surface area contributed by atoms with Gasteiger partial charge in [0.15, 0.2) is 0 Å². The van der Waals surface area contributed by atoms with Crippen LogP contribution in [-0.4, -0.2) is 48.1 Å². The molecular formula is C14H26N2. The quantitative estimate of drug-likeness (QED) is 0.723. The molecule has 3 unspecified atom stereocenters. The van der Waals surface area contributed by atoms with Gasteiger partial charge in [-0.25, -0.2) is 0 Å². The highest BCUT2D eigenvalue weighted by molar-refractivity contribution is 4.97. The van der Waals surface area contributed by atoms with Crippen LogP contribution in [0.1, 0.15) is 45.4 Å². The summed E-state index contributed by atoms with van der Waals surface area (Å²) in [5.41, 5.74) is 0. The molecule has 1 aliphatic carbocycles. The first kappa shape index (κ1) is 11.0. The van der Waals surface area contributed by atoms with Crippen molar-refractivity contribution in [1.82, 2.24) is 9.80 Å². The van der Waals surface area contributed by atoms with Gasteiger partial charge < -0.3 is 0 Å². The van der Waals surface area contributed by atoms with E-state index in [2.05, 4.69) is 16.7 Å². The molecule has 0 spiro atoms. The summed E-state index contributed by atoms with van der Waals surface area (Å²) in [6.45, 7) is 7.83. The molecule has 3 aliphatic rings. The number of hydrogen-bond donors (Lipinski definition) is 0. The third kappa shape index (κ3) is 2.14. The summed E-state index contributed by atoms with van der Waals surface area (Å²) in [4.78, 5) is 5.58. The maximum Gasteiger partial charge on any atom is 0.0223 e. The number of rotatable bonds is 3. The predicted octanol–water partition coefficient (Wildman–Crippen LogP) is 2.35. The Hall–Kier alpha value is -0.0800. The van der Waals surface area contributed by atoms with Crippen molar-refractivity contribution >= 4 is 0 Å². The molecule has 1 saturated carbocycles. The molecule has 2 aliphatic heterocycles. The third-order valence-corrected chi connectivity index (χ3v) is 4.85. The lowest BCUT2D eigenvalue weighted by Crippen LogP contribution is -2.38. The van der Waals surface area contributed by atoms with Crippen molar-refractivity contribution in [3.8, 4) is 0 Å². The maximum atomic E-state index is 2.83. The predicted molar refractivity (Wildman–Crippen MR) is 67.6 cm³/mol. The van der Waals surface area contributed by atoms with E-state index in [-0.39, 0.29) is 0 Å². The molecule has 3 fully saturated rings. The van der Waals surface area contributed by atoms with Gasteiger partial charge in [-0.3, -0.25) is 9.80 Å². The fourth-order valence-electron chi connectivity index (χ4n) is 3.90. The standard InChI is InChI=1S/C14H26N2/c1-2-5-12-10-14(12)16-9-4-8-15-7-3-6-13(15)11-16/h12-14H,2-11H2,1H3. The Morgan fingerprint density at radius 3 is 2.75 bits per heavy atom.